The van der Waals surface area contributed by atoms with Gasteiger partial charge in [-0.15, -0.1) is 12.3 Å². The molecule has 3 heteroatoms. The number of carbonyl (C=O) groups is 1. The average molecular weight is 271 g/mol. The Balaban J connectivity index is 1.97. The van der Waals surface area contributed by atoms with Crippen LogP contribution in [0.4, 0.5) is 0 Å². The van der Waals surface area contributed by atoms with Gasteiger partial charge < -0.3 is 9.64 Å². The molecule has 0 N–H and O–H groups in total. The second-order valence-electron chi connectivity index (χ2n) is 5.03. The first-order chi connectivity index (χ1) is 9.74. The van der Waals surface area contributed by atoms with Crippen molar-refractivity contribution in [3.63, 3.8) is 0 Å². The lowest BCUT2D eigenvalue weighted by Gasteiger charge is -2.22. The minimum atomic E-state index is 0.166. The van der Waals surface area contributed by atoms with Gasteiger partial charge in [0.15, 0.2) is 0 Å². The maximum atomic E-state index is 12.2. The molecule has 0 spiro atoms. The van der Waals surface area contributed by atoms with Gasteiger partial charge in [0.2, 0.25) is 5.91 Å². The summed E-state index contributed by atoms with van der Waals surface area (Å²) in [5.74, 6) is 3.57. The molecule has 1 amide bonds. The Bertz CT molecular complexity index is 483. The number of carbonyl (C=O) groups excluding carboxylic acids is 1. The van der Waals surface area contributed by atoms with Crippen molar-refractivity contribution in [2.75, 3.05) is 6.61 Å². The highest BCUT2D eigenvalue weighted by Gasteiger charge is 2.31. The van der Waals surface area contributed by atoms with Crippen molar-refractivity contribution in [2.45, 2.75) is 45.2 Å². The summed E-state index contributed by atoms with van der Waals surface area (Å²) >= 11 is 0. The fraction of sp³-hybridized carbons (Fsp3) is 0.471. The van der Waals surface area contributed by atoms with Gasteiger partial charge >= 0.3 is 0 Å². The number of hydrogen-bond donors (Lipinski definition) is 0. The van der Waals surface area contributed by atoms with Crippen LogP contribution < -0.4 is 4.74 Å². The van der Waals surface area contributed by atoms with Gasteiger partial charge in [-0.1, -0.05) is 12.1 Å². The first-order valence-electron chi connectivity index (χ1n) is 7.19. The third-order valence-electron chi connectivity index (χ3n) is 3.38. The summed E-state index contributed by atoms with van der Waals surface area (Å²) in [4.78, 5) is 14.1. The third-order valence-corrected chi connectivity index (χ3v) is 3.38. The molecule has 0 heterocycles. The van der Waals surface area contributed by atoms with Crippen LogP contribution in [-0.4, -0.2) is 23.5 Å². The van der Waals surface area contributed by atoms with Gasteiger partial charge in [0, 0.05) is 25.4 Å². The number of rotatable bonds is 7. The number of terminal acetylenes is 1. The Morgan fingerprint density at radius 3 is 2.65 bits per heavy atom. The van der Waals surface area contributed by atoms with Crippen molar-refractivity contribution in [1.29, 1.82) is 0 Å². The number of hydrogen-bond acceptors (Lipinski definition) is 2. The van der Waals surface area contributed by atoms with Crippen LogP contribution >= 0.6 is 0 Å². The van der Waals surface area contributed by atoms with Gasteiger partial charge in [-0.05, 0) is 37.5 Å². The number of ether oxygens (including phenoxy) is 1. The second kappa shape index (κ2) is 7.00. The molecule has 1 aromatic carbocycles. The lowest BCUT2D eigenvalue weighted by Crippen LogP contribution is -2.32. The standard InChI is InChI=1S/C17H21NO2/c1-3-5-6-17(19)18(15-9-10-15)13-14-7-11-16(12-8-14)20-4-2/h1,7-8,11-12,15H,4-6,9-10,13H2,2H3. The summed E-state index contributed by atoms with van der Waals surface area (Å²) in [5.41, 5.74) is 1.13. The molecular formula is C17H21NO2. The summed E-state index contributed by atoms with van der Waals surface area (Å²) < 4.78 is 5.42. The minimum Gasteiger partial charge on any atom is -0.494 e. The van der Waals surface area contributed by atoms with Crippen LogP contribution in [0, 0.1) is 12.3 Å². The van der Waals surface area contributed by atoms with Crippen LogP contribution in [0.15, 0.2) is 24.3 Å². The van der Waals surface area contributed by atoms with E-state index in [1.165, 1.54) is 0 Å². The van der Waals surface area contributed by atoms with E-state index in [4.69, 9.17) is 11.2 Å². The van der Waals surface area contributed by atoms with E-state index in [1.807, 2.05) is 36.1 Å². The highest BCUT2D eigenvalue weighted by Crippen LogP contribution is 2.29. The number of amides is 1. The van der Waals surface area contributed by atoms with Gasteiger partial charge in [-0.25, -0.2) is 0 Å². The highest BCUT2D eigenvalue weighted by molar-refractivity contribution is 5.77. The van der Waals surface area contributed by atoms with Gasteiger partial charge in [0.05, 0.1) is 6.61 Å². The molecule has 0 atom stereocenters. The predicted octanol–water partition coefficient (Wildman–Crippen LogP) is 2.99. The molecule has 1 aliphatic rings. The Morgan fingerprint density at radius 1 is 1.40 bits per heavy atom. The Morgan fingerprint density at radius 2 is 2.10 bits per heavy atom. The molecule has 3 nitrogen and oxygen atoms in total. The average Bonchev–Trinajstić information content (AvgIpc) is 3.29. The summed E-state index contributed by atoms with van der Waals surface area (Å²) in [6, 6.07) is 8.36. The highest BCUT2D eigenvalue weighted by atomic mass is 16.5. The summed E-state index contributed by atoms with van der Waals surface area (Å²) in [6.45, 7) is 3.30. The molecule has 0 unspecified atom stereocenters. The molecular weight excluding hydrogens is 250 g/mol. The molecule has 1 aliphatic carbocycles. The van der Waals surface area contributed by atoms with E-state index < -0.39 is 0 Å². The molecule has 1 aromatic rings. The zero-order chi connectivity index (χ0) is 14.4. The van der Waals surface area contributed by atoms with Crippen LogP contribution in [0.1, 0.15) is 38.2 Å². The molecule has 20 heavy (non-hydrogen) atoms. The van der Waals surface area contributed by atoms with Crippen molar-refractivity contribution in [3.8, 4) is 18.1 Å². The van der Waals surface area contributed by atoms with Crippen LogP contribution in [0.2, 0.25) is 0 Å². The van der Waals surface area contributed by atoms with E-state index >= 15 is 0 Å². The maximum Gasteiger partial charge on any atom is 0.224 e. The zero-order valence-electron chi connectivity index (χ0n) is 12.0. The zero-order valence-corrected chi connectivity index (χ0v) is 12.0. The molecule has 106 valence electrons. The van der Waals surface area contributed by atoms with Gasteiger partial charge in [0.1, 0.15) is 5.75 Å². The summed E-state index contributed by atoms with van der Waals surface area (Å²) in [6.07, 6.45) is 8.42. The smallest absolute Gasteiger partial charge is 0.224 e. The van der Waals surface area contributed by atoms with E-state index in [9.17, 15) is 4.79 Å². The van der Waals surface area contributed by atoms with Gasteiger partial charge in [0.25, 0.3) is 0 Å². The predicted molar refractivity (Wildman–Crippen MR) is 79.3 cm³/mol. The second-order valence-corrected chi connectivity index (χ2v) is 5.03. The normalized spacial score (nSPS) is 13.6. The Labute approximate surface area is 120 Å². The van der Waals surface area contributed by atoms with E-state index in [-0.39, 0.29) is 5.91 Å². The topological polar surface area (TPSA) is 29.5 Å². The lowest BCUT2D eigenvalue weighted by molar-refractivity contribution is -0.132. The van der Waals surface area contributed by atoms with Crippen LogP contribution in [0.25, 0.3) is 0 Å². The molecule has 0 aromatic heterocycles. The number of nitrogens with zero attached hydrogens (tertiary/aromatic N) is 1. The van der Waals surface area contributed by atoms with E-state index in [0.717, 1.165) is 24.2 Å². The van der Waals surface area contributed by atoms with E-state index in [0.29, 0.717) is 32.0 Å². The lowest BCUT2D eigenvalue weighted by atomic mass is 10.2. The molecule has 0 radical (unpaired) electrons. The Hall–Kier alpha value is -1.95. The van der Waals surface area contributed by atoms with Crippen molar-refractivity contribution in [3.05, 3.63) is 29.8 Å². The Kier molecular flexibility index (Phi) is 5.06. The quantitative estimate of drug-likeness (QED) is 0.713. The molecule has 0 aliphatic heterocycles. The molecule has 0 bridgehead atoms. The van der Waals surface area contributed by atoms with E-state index in [2.05, 4.69) is 5.92 Å². The molecule has 1 fully saturated rings. The third kappa shape index (κ3) is 4.03. The summed E-state index contributed by atoms with van der Waals surface area (Å²) in [7, 11) is 0. The largest absolute Gasteiger partial charge is 0.494 e. The first-order valence-corrected chi connectivity index (χ1v) is 7.19. The fourth-order valence-electron chi connectivity index (χ4n) is 2.18. The summed E-state index contributed by atoms with van der Waals surface area (Å²) in [5, 5.41) is 0. The van der Waals surface area contributed by atoms with Crippen molar-refractivity contribution in [2.24, 2.45) is 0 Å². The first kappa shape index (κ1) is 14.5. The van der Waals surface area contributed by atoms with E-state index in [1.54, 1.807) is 0 Å². The molecule has 2 rings (SSSR count). The van der Waals surface area contributed by atoms with Crippen LogP contribution in [0.5, 0.6) is 5.75 Å². The minimum absolute atomic E-state index is 0.166. The monoisotopic (exact) mass is 271 g/mol. The van der Waals surface area contributed by atoms with Crippen molar-refractivity contribution < 1.29 is 9.53 Å². The molecule has 1 saturated carbocycles. The maximum absolute atomic E-state index is 12.2. The SMILES string of the molecule is C#CCCC(=O)N(Cc1ccc(OCC)cc1)C1CC1. The number of benzene rings is 1. The van der Waals surface area contributed by atoms with Crippen molar-refractivity contribution in [1.82, 2.24) is 4.90 Å². The van der Waals surface area contributed by atoms with Crippen LogP contribution in [0.3, 0.4) is 0 Å². The molecule has 0 saturated heterocycles. The van der Waals surface area contributed by atoms with Crippen LogP contribution in [-0.2, 0) is 11.3 Å². The van der Waals surface area contributed by atoms with Gasteiger partial charge in [-0.3, -0.25) is 4.79 Å². The van der Waals surface area contributed by atoms with Gasteiger partial charge in [-0.2, -0.15) is 0 Å². The fourth-order valence-corrected chi connectivity index (χ4v) is 2.18. The van der Waals surface area contributed by atoms with Crippen molar-refractivity contribution >= 4 is 5.91 Å².